The van der Waals surface area contributed by atoms with Crippen molar-refractivity contribution >= 4 is 11.8 Å². The van der Waals surface area contributed by atoms with Crippen LogP contribution in [0.4, 0.5) is 0 Å². The second-order valence-electron chi connectivity index (χ2n) is 9.25. The Hall–Kier alpha value is -3.94. The van der Waals surface area contributed by atoms with Gasteiger partial charge in [-0.2, -0.15) is 0 Å². The summed E-state index contributed by atoms with van der Waals surface area (Å²) in [5.74, 6) is 0.883. The van der Waals surface area contributed by atoms with Gasteiger partial charge in [0.15, 0.2) is 5.54 Å². The highest BCUT2D eigenvalue weighted by molar-refractivity contribution is 6.00. The molecule has 0 spiro atoms. The van der Waals surface area contributed by atoms with E-state index < -0.39 is 11.6 Å². The number of aliphatic hydroxyl groups is 1. The van der Waals surface area contributed by atoms with Crippen molar-refractivity contribution < 1.29 is 19.4 Å². The number of amides is 1. The van der Waals surface area contributed by atoms with Gasteiger partial charge in [-0.3, -0.25) is 10.2 Å². The number of aliphatic hydroxyl groups excluding tert-OH is 1. The van der Waals surface area contributed by atoms with Crippen molar-refractivity contribution in [1.82, 2.24) is 10.9 Å². The van der Waals surface area contributed by atoms with Gasteiger partial charge >= 0.3 is 0 Å². The molecular formula is C31H35N3O4. The second-order valence-corrected chi connectivity index (χ2v) is 9.25. The third kappa shape index (κ3) is 6.30. The molecule has 0 radical (unpaired) electrons. The molecule has 7 heteroatoms. The van der Waals surface area contributed by atoms with E-state index in [0.717, 1.165) is 16.7 Å². The van der Waals surface area contributed by atoms with E-state index in [1.165, 1.54) is 0 Å². The number of hydrogen-bond donors (Lipinski definition) is 3. The number of hydrogen-bond acceptors (Lipinski definition) is 6. The van der Waals surface area contributed by atoms with Crippen molar-refractivity contribution in [2.75, 3.05) is 19.8 Å². The Bertz CT molecular complexity index is 1180. The smallest absolute Gasteiger partial charge is 0.266 e. The molecule has 0 bridgehead atoms. The van der Waals surface area contributed by atoms with Gasteiger partial charge < -0.3 is 14.6 Å². The fourth-order valence-electron chi connectivity index (χ4n) is 4.54. The van der Waals surface area contributed by atoms with Crippen LogP contribution in [0.15, 0.2) is 103 Å². The molecule has 7 nitrogen and oxygen atoms in total. The van der Waals surface area contributed by atoms with E-state index in [-0.39, 0.29) is 18.4 Å². The Labute approximate surface area is 224 Å². The Morgan fingerprint density at radius 3 is 2.29 bits per heavy atom. The Kier molecular flexibility index (Phi) is 9.30. The van der Waals surface area contributed by atoms with Crippen LogP contribution in [-0.2, 0) is 9.53 Å². The third-order valence-corrected chi connectivity index (χ3v) is 6.70. The first-order valence-electron chi connectivity index (χ1n) is 12.9. The van der Waals surface area contributed by atoms with Crippen LogP contribution in [0.2, 0.25) is 0 Å². The number of rotatable bonds is 13. The van der Waals surface area contributed by atoms with Crippen LogP contribution in [0.1, 0.15) is 42.4 Å². The van der Waals surface area contributed by atoms with E-state index >= 15 is 0 Å². The minimum atomic E-state index is -1.14. The lowest BCUT2D eigenvalue weighted by molar-refractivity contribution is -0.129. The number of carbonyl (C=O) groups excluding carboxylic acids is 1. The average Bonchev–Trinajstić information content (AvgIpc) is 3.29. The maximum absolute atomic E-state index is 13.6. The highest BCUT2D eigenvalue weighted by Gasteiger charge is 2.49. The quantitative estimate of drug-likeness (QED) is 0.179. The van der Waals surface area contributed by atoms with Crippen molar-refractivity contribution in [2.45, 2.75) is 37.3 Å². The van der Waals surface area contributed by atoms with E-state index in [0.29, 0.717) is 37.6 Å². The van der Waals surface area contributed by atoms with Crippen LogP contribution in [0.3, 0.4) is 0 Å². The van der Waals surface area contributed by atoms with E-state index in [2.05, 4.69) is 41.7 Å². The Morgan fingerprint density at radius 1 is 1.08 bits per heavy atom. The van der Waals surface area contributed by atoms with Crippen LogP contribution in [0.25, 0.3) is 0 Å². The monoisotopic (exact) mass is 513 g/mol. The van der Waals surface area contributed by atoms with Gasteiger partial charge in [-0.25, -0.2) is 10.4 Å². The van der Waals surface area contributed by atoms with Gasteiger partial charge in [-0.1, -0.05) is 66.7 Å². The van der Waals surface area contributed by atoms with Crippen LogP contribution in [0, 0.1) is 0 Å². The lowest BCUT2D eigenvalue weighted by atomic mass is 9.89. The van der Waals surface area contributed by atoms with Gasteiger partial charge in [0, 0.05) is 37.5 Å². The first-order chi connectivity index (χ1) is 18.6. The predicted molar refractivity (Wildman–Crippen MR) is 149 cm³/mol. The molecule has 2 atom stereocenters. The summed E-state index contributed by atoms with van der Waals surface area (Å²) in [6.07, 6.45) is 2.10. The second kappa shape index (κ2) is 13.0. The largest absolute Gasteiger partial charge is 0.494 e. The normalized spacial score (nSPS) is 18.5. The lowest BCUT2D eigenvalue weighted by Gasteiger charge is -2.27. The molecule has 3 aromatic rings. The number of ether oxygens (including phenoxy) is 2. The molecule has 198 valence electrons. The van der Waals surface area contributed by atoms with Gasteiger partial charge in [0.1, 0.15) is 11.9 Å². The highest BCUT2D eigenvalue weighted by Crippen LogP contribution is 2.32. The SMILES string of the molecule is C=CC[C@]1(C(=O)NNCC(c2ccccc2)c2ccccc2)N=C(c2ccc(OCCCO)cc2)O[C@H]1C. The average molecular weight is 514 g/mol. The first-order valence-corrected chi connectivity index (χ1v) is 12.9. The molecule has 4 rings (SSSR count). The van der Waals surface area contributed by atoms with Gasteiger partial charge in [0.05, 0.1) is 6.61 Å². The first kappa shape index (κ1) is 27.1. The number of carbonyl (C=O) groups is 1. The topological polar surface area (TPSA) is 92.2 Å². The van der Waals surface area contributed by atoms with Crippen molar-refractivity contribution in [3.8, 4) is 5.75 Å². The minimum absolute atomic E-state index is 0.0579. The third-order valence-electron chi connectivity index (χ3n) is 6.70. The molecular weight excluding hydrogens is 478 g/mol. The molecule has 3 aromatic carbocycles. The van der Waals surface area contributed by atoms with Crippen LogP contribution < -0.4 is 15.6 Å². The van der Waals surface area contributed by atoms with Gasteiger partial charge in [-0.15, -0.1) is 6.58 Å². The van der Waals surface area contributed by atoms with E-state index in [1.807, 2.05) is 67.6 Å². The van der Waals surface area contributed by atoms with Crippen LogP contribution >= 0.6 is 0 Å². The number of nitrogens with one attached hydrogen (secondary N) is 2. The minimum Gasteiger partial charge on any atom is -0.494 e. The van der Waals surface area contributed by atoms with E-state index in [4.69, 9.17) is 19.6 Å². The highest BCUT2D eigenvalue weighted by atomic mass is 16.5. The summed E-state index contributed by atoms with van der Waals surface area (Å²) in [6.45, 7) is 6.74. The van der Waals surface area contributed by atoms with E-state index in [1.54, 1.807) is 6.08 Å². The zero-order valence-corrected chi connectivity index (χ0v) is 21.7. The molecule has 1 aliphatic rings. The molecule has 3 N–H and O–H groups in total. The summed E-state index contributed by atoms with van der Waals surface area (Å²) < 4.78 is 11.7. The maximum atomic E-state index is 13.6. The zero-order valence-electron chi connectivity index (χ0n) is 21.7. The zero-order chi connectivity index (χ0) is 26.8. The fraction of sp³-hybridized carbons (Fsp3) is 0.290. The summed E-state index contributed by atoms with van der Waals surface area (Å²) in [7, 11) is 0. The molecule has 1 aliphatic heterocycles. The molecule has 0 unspecified atom stereocenters. The van der Waals surface area contributed by atoms with Gasteiger partial charge in [0.25, 0.3) is 5.91 Å². The number of benzene rings is 3. The number of aliphatic imine (C=N–C) groups is 1. The molecule has 38 heavy (non-hydrogen) atoms. The molecule has 0 aromatic heterocycles. The van der Waals surface area contributed by atoms with Crippen LogP contribution in [-0.4, -0.2) is 48.3 Å². The van der Waals surface area contributed by atoms with E-state index in [9.17, 15) is 4.79 Å². The lowest BCUT2D eigenvalue weighted by Crippen LogP contribution is -2.55. The molecule has 1 heterocycles. The summed E-state index contributed by atoms with van der Waals surface area (Å²) in [6, 6.07) is 27.8. The van der Waals surface area contributed by atoms with Gasteiger partial charge in [0.2, 0.25) is 5.90 Å². The van der Waals surface area contributed by atoms with Crippen LogP contribution in [0.5, 0.6) is 5.75 Å². The molecule has 1 amide bonds. The summed E-state index contributed by atoms with van der Waals surface area (Å²) in [4.78, 5) is 18.3. The maximum Gasteiger partial charge on any atom is 0.266 e. The number of hydrazine groups is 1. The predicted octanol–water partition coefficient (Wildman–Crippen LogP) is 4.38. The summed E-state index contributed by atoms with van der Waals surface area (Å²) >= 11 is 0. The Morgan fingerprint density at radius 2 is 1.71 bits per heavy atom. The summed E-state index contributed by atoms with van der Waals surface area (Å²) in [5.41, 5.74) is 7.98. The fourth-order valence-corrected chi connectivity index (χ4v) is 4.54. The van der Waals surface area contributed by atoms with Crippen molar-refractivity contribution in [1.29, 1.82) is 0 Å². The molecule has 0 saturated heterocycles. The van der Waals surface area contributed by atoms with Crippen molar-refractivity contribution in [2.24, 2.45) is 4.99 Å². The standard InChI is InChI=1S/C31H35N3O4/c1-3-19-31(23(2)38-29(33-31)26-15-17-27(18-16-26)37-21-10-20-35)30(36)34-32-22-28(24-11-6-4-7-12-24)25-13-8-5-9-14-25/h3-9,11-18,23,28,32,35H,1,10,19-22H2,2H3,(H,34,36)/t23-,31-/m0/s1. The van der Waals surface area contributed by atoms with Crippen molar-refractivity contribution in [3.63, 3.8) is 0 Å². The van der Waals surface area contributed by atoms with Crippen molar-refractivity contribution in [3.05, 3.63) is 114 Å². The molecule has 0 aliphatic carbocycles. The number of nitrogens with zero attached hydrogens (tertiary/aromatic N) is 1. The van der Waals surface area contributed by atoms with Gasteiger partial charge in [-0.05, 0) is 42.3 Å². The molecule has 0 saturated carbocycles. The molecule has 0 fully saturated rings. The Balaban J connectivity index is 1.47. The summed E-state index contributed by atoms with van der Waals surface area (Å²) in [5, 5.41) is 8.92.